The number of halogens is 3. The van der Waals surface area contributed by atoms with Crippen LogP contribution in [0.15, 0.2) is 29.6 Å². The fraction of sp³-hybridized carbons (Fsp3) is 0.389. The van der Waals surface area contributed by atoms with Crippen LogP contribution < -0.4 is 10.6 Å². The number of likely N-dealkylation sites (tertiary alicyclic amines) is 1. The Labute approximate surface area is 163 Å². The van der Waals surface area contributed by atoms with E-state index in [9.17, 15) is 22.8 Å². The molecular formula is C18H19F3N4O2S. The maximum absolute atomic E-state index is 12.6. The van der Waals surface area contributed by atoms with Crippen molar-refractivity contribution in [1.29, 1.82) is 0 Å². The Morgan fingerprint density at radius 1 is 1.29 bits per heavy atom. The highest BCUT2D eigenvalue weighted by Crippen LogP contribution is 2.33. The summed E-state index contributed by atoms with van der Waals surface area (Å²) in [7, 11) is 1.59. The second-order valence-electron chi connectivity index (χ2n) is 6.41. The highest BCUT2D eigenvalue weighted by Gasteiger charge is 2.31. The fourth-order valence-corrected chi connectivity index (χ4v) is 3.84. The molecule has 1 aromatic carbocycles. The van der Waals surface area contributed by atoms with Gasteiger partial charge in [-0.3, -0.25) is 19.8 Å². The van der Waals surface area contributed by atoms with Crippen LogP contribution in [0, 0.1) is 0 Å². The first kappa shape index (κ1) is 20.3. The first-order valence-corrected chi connectivity index (χ1v) is 9.54. The Morgan fingerprint density at radius 3 is 2.64 bits per heavy atom. The van der Waals surface area contributed by atoms with Crippen molar-refractivity contribution < 1.29 is 22.8 Å². The van der Waals surface area contributed by atoms with E-state index >= 15 is 0 Å². The number of alkyl halides is 3. The molecule has 2 amide bonds. The molecule has 2 heterocycles. The molecule has 28 heavy (non-hydrogen) atoms. The standard InChI is InChI=1S/C18H19F3N4O2S/c1-22-15(26)9-25-8-2-3-14(25)13-10-28-17(23-13)24-16(27)11-4-6-12(7-5-11)18(19,20)21/h4-7,10,14H,2-3,8-9H2,1H3,(H,22,26)(H,23,24,27)/t14-/m1/s1. The zero-order valence-electron chi connectivity index (χ0n) is 15.0. The van der Waals surface area contributed by atoms with Gasteiger partial charge in [0.05, 0.1) is 23.8 Å². The number of likely N-dealkylation sites (N-methyl/N-ethyl adjacent to an activating group) is 1. The number of nitrogens with one attached hydrogen (secondary N) is 2. The van der Waals surface area contributed by atoms with Crippen LogP contribution in [0.25, 0.3) is 0 Å². The van der Waals surface area contributed by atoms with Gasteiger partial charge in [0.2, 0.25) is 5.91 Å². The first-order chi connectivity index (χ1) is 13.3. The van der Waals surface area contributed by atoms with Crippen LogP contribution in [0.4, 0.5) is 18.3 Å². The zero-order valence-corrected chi connectivity index (χ0v) is 15.9. The predicted octanol–water partition coefficient (Wildman–Crippen LogP) is 3.30. The molecule has 0 aliphatic carbocycles. The van der Waals surface area contributed by atoms with E-state index in [1.165, 1.54) is 11.3 Å². The average molecular weight is 412 g/mol. The molecule has 0 bridgehead atoms. The number of amides is 2. The summed E-state index contributed by atoms with van der Waals surface area (Å²) in [5.74, 6) is -0.596. The highest BCUT2D eigenvalue weighted by molar-refractivity contribution is 7.14. The molecule has 150 valence electrons. The van der Waals surface area contributed by atoms with E-state index in [4.69, 9.17) is 0 Å². The van der Waals surface area contributed by atoms with E-state index in [1.807, 2.05) is 10.3 Å². The number of nitrogens with zero attached hydrogens (tertiary/aromatic N) is 2. The highest BCUT2D eigenvalue weighted by atomic mass is 32.1. The van der Waals surface area contributed by atoms with Gasteiger partial charge in [0.25, 0.3) is 5.91 Å². The van der Waals surface area contributed by atoms with Crippen LogP contribution >= 0.6 is 11.3 Å². The van der Waals surface area contributed by atoms with Crippen molar-refractivity contribution in [1.82, 2.24) is 15.2 Å². The molecule has 1 fully saturated rings. The van der Waals surface area contributed by atoms with Crippen LogP contribution in [-0.2, 0) is 11.0 Å². The monoisotopic (exact) mass is 412 g/mol. The Balaban J connectivity index is 1.65. The molecule has 1 saturated heterocycles. The van der Waals surface area contributed by atoms with Gasteiger partial charge in [-0.1, -0.05) is 0 Å². The van der Waals surface area contributed by atoms with Crippen molar-refractivity contribution in [3.63, 3.8) is 0 Å². The van der Waals surface area contributed by atoms with E-state index in [0.717, 1.165) is 49.3 Å². The van der Waals surface area contributed by atoms with Crippen molar-refractivity contribution in [3.8, 4) is 0 Å². The number of carbonyl (C=O) groups excluding carboxylic acids is 2. The van der Waals surface area contributed by atoms with Gasteiger partial charge in [0, 0.05) is 18.0 Å². The number of hydrogen-bond acceptors (Lipinski definition) is 5. The number of thiazole rings is 1. The van der Waals surface area contributed by atoms with E-state index in [-0.39, 0.29) is 24.1 Å². The minimum Gasteiger partial charge on any atom is -0.358 e. The quantitative estimate of drug-likeness (QED) is 0.790. The summed E-state index contributed by atoms with van der Waals surface area (Å²) in [6.45, 7) is 1.08. The molecule has 6 nitrogen and oxygen atoms in total. The van der Waals surface area contributed by atoms with Crippen molar-refractivity contribution in [2.75, 3.05) is 25.5 Å². The molecule has 1 aliphatic heterocycles. The molecule has 2 N–H and O–H groups in total. The largest absolute Gasteiger partial charge is 0.416 e. The van der Waals surface area contributed by atoms with Crippen LogP contribution in [-0.4, -0.2) is 41.8 Å². The van der Waals surface area contributed by atoms with Crippen LogP contribution in [0.5, 0.6) is 0 Å². The summed E-state index contributed by atoms with van der Waals surface area (Å²) in [4.78, 5) is 30.4. The number of hydrogen-bond donors (Lipinski definition) is 2. The van der Waals surface area contributed by atoms with Gasteiger partial charge < -0.3 is 5.32 Å². The predicted molar refractivity (Wildman–Crippen MR) is 99.1 cm³/mol. The third-order valence-electron chi connectivity index (χ3n) is 4.55. The summed E-state index contributed by atoms with van der Waals surface area (Å²) in [5.41, 5.74) is 0.0824. The van der Waals surface area contributed by atoms with Crippen LogP contribution in [0.2, 0.25) is 0 Å². The average Bonchev–Trinajstić information content (AvgIpc) is 3.30. The summed E-state index contributed by atoms with van der Waals surface area (Å²) in [5, 5.41) is 7.41. The zero-order chi connectivity index (χ0) is 20.3. The van der Waals surface area contributed by atoms with Gasteiger partial charge in [-0.2, -0.15) is 13.2 Å². The first-order valence-electron chi connectivity index (χ1n) is 8.66. The number of carbonyl (C=O) groups is 2. The molecule has 10 heteroatoms. The van der Waals surface area contributed by atoms with Gasteiger partial charge in [0.1, 0.15) is 0 Å². The van der Waals surface area contributed by atoms with Gasteiger partial charge in [0.15, 0.2) is 5.13 Å². The number of anilines is 1. The number of benzene rings is 1. The Bertz CT molecular complexity index is 851. The Morgan fingerprint density at radius 2 is 2.00 bits per heavy atom. The van der Waals surface area contributed by atoms with Gasteiger partial charge in [-0.25, -0.2) is 4.98 Å². The summed E-state index contributed by atoms with van der Waals surface area (Å²) in [6.07, 6.45) is -2.62. The minimum atomic E-state index is -4.44. The molecular weight excluding hydrogens is 393 g/mol. The van der Waals surface area contributed by atoms with Gasteiger partial charge in [-0.05, 0) is 43.7 Å². The van der Waals surface area contributed by atoms with E-state index in [2.05, 4.69) is 15.6 Å². The van der Waals surface area contributed by atoms with E-state index < -0.39 is 17.6 Å². The maximum atomic E-state index is 12.6. The molecule has 2 aromatic rings. The lowest BCUT2D eigenvalue weighted by Crippen LogP contribution is -2.35. The van der Waals surface area contributed by atoms with E-state index in [1.54, 1.807) is 7.05 Å². The molecule has 3 rings (SSSR count). The summed E-state index contributed by atoms with van der Waals surface area (Å²) in [6, 6.07) is 4.02. The normalized spacial score (nSPS) is 17.5. The summed E-state index contributed by atoms with van der Waals surface area (Å²) < 4.78 is 37.8. The second-order valence-corrected chi connectivity index (χ2v) is 7.27. The molecule has 0 spiro atoms. The topological polar surface area (TPSA) is 74.3 Å². The lowest BCUT2D eigenvalue weighted by atomic mass is 10.1. The molecule has 1 aliphatic rings. The van der Waals surface area contributed by atoms with Crippen LogP contribution in [0.3, 0.4) is 0 Å². The molecule has 1 atom stereocenters. The number of aromatic nitrogens is 1. The van der Waals surface area contributed by atoms with Crippen molar-refractivity contribution in [2.24, 2.45) is 0 Å². The second kappa shape index (κ2) is 8.27. The minimum absolute atomic E-state index is 0.00488. The smallest absolute Gasteiger partial charge is 0.358 e. The molecule has 1 aromatic heterocycles. The number of rotatable bonds is 5. The third kappa shape index (κ3) is 4.68. The lowest BCUT2D eigenvalue weighted by molar-refractivity contribution is -0.137. The Kier molecular flexibility index (Phi) is 5.99. The van der Waals surface area contributed by atoms with Gasteiger partial charge >= 0.3 is 6.18 Å². The molecule has 0 saturated carbocycles. The lowest BCUT2D eigenvalue weighted by Gasteiger charge is -2.21. The Hall–Kier alpha value is -2.46. The SMILES string of the molecule is CNC(=O)CN1CCC[C@@H]1c1csc(NC(=O)c2ccc(C(F)(F)F)cc2)n1. The van der Waals surface area contributed by atoms with Gasteiger partial charge in [-0.15, -0.1) is 11.3 Å². The van der Waals surface area contributed by atoms with Crippen molar-refractivity contribution in [2.45, 2.75) is 25.1 Å². The molecule has 0 radical (unpaired) electrons. The third-order valence-corrected chi connectivity index (χ3v) is 5.32. The van der Waals surface area contributed by atoms with E-state index in [0.29, 0.717) is 5.13 Å². The maximum Gasteiger partial charge on any atom is 0.416 e. The summed E-state index contributed by atoms with van der Waals surface area (Å²) >= 11 is 1.24. The fourth-order valence-electron chi connectivity index (χ4n) is 3.09. The molecule has 0 unspecified atom stereocenters. The van der Waals surface area contributed by atoms with Crippen molar-refractivity contribution in [3.05, 3.63) is 46.5 Å². The van der Waals surface area contributed by atoms with Crippen LogP contribution in [0.1, 0.15) is 40.5 Å². The van der Waals surface area contributed by atoms with Crippen molar-refractivity contribution >= 4 is 28.3 Å².